The highest BCUT2D eigenvalue weighted by atomic mass is 16.1. The average molecular weight is 156 g/mol. The Bertz CT molecular complexity index is 132. The number of aldehydes is 1. The van der Waals surface area contributed by atoms with Gasteiger partial charge in [-0.3, -0.25) is 4.79 Å². The van der Waals surface area contributed by atoms with Gasteiger partial charge in [0.15, 0.2) is 0 Å². The van der Waals surface area contributed by atoms with Crippen LogP contribution in [0, 0.1) is 0 Å². The van der Waals surface area contributed by atoms with Crippen molar-refractivity contribution in [3.8, 4) is 0 Å². The molecule has 2 N–H and O–H groups in total. The van der Waals surface area contributed by atoms with Gasteiger partial charge in [-0.05, 0) is 18.9 Å². The Morgan fingerprint density at radius 1 is 1.55 bits per heavy atom. The molecule has 3 nitrogen and oxygen atoms in total. The number of unbranched alkanes of at least 4 members (excludes halogenated alkanes) is 1. The van der Waals surface area contributed by atoms with Crippen molar-refractivity contribution >= 4 is 6.29 Å². The van der Waals surface area contributed by atoms with Crippen LogP contribution in [0.2, 0.25) is 0 Å². The minimum Gasteiger partial charge on any atom is -0.326 e. The van der Waals surface area contributed by atoms with Crippen LogP contribution in [-0.4, -0.2) is 13.3 Å². The summed E-state index contributed by atoms with van der Waals surface area (Å²) in [5.41, 5.74) is 6.63. The molecule has 0 amide bonds. The SMILES string of the molecule is CCCC/C(=C/C=O)NNC. The molecule has 0 fully saturated rings. The summed E-state index contributed by atoms with van der Waals surface area (Å²) in [7, 11) is 1.78. The van der Waals surface area contributed by atoms with Gasteiger partial charge in [0.1, 0.15) is 6.29 Å². The zero-order valence-corrected chi connectivity index (χ0v) is 7.18. The average Bonchev–Trinajstić information content (AvgIpc) is 2.01. The van der Waals surface area contributed by atoms with Crippen LogP contribution in [0.25, 0.3) is 0 Å². The second-order valence-electron chi connectivity index (χ2n) is 2.31. The molecule has 0 aliphatic rings. The first-order valence-electron chi connectivity index (χ1n) is 3.92. The lowest BCUT2D eigenvalue weighted by atomic mass is 10.2. The number of carbonyl (C=O) groups excluding carboxylic acids is 1. The van der Waals surface area contributed by atoms with Crippen molar-refractivity contribution in [1.29, 1.82) is 0 Å². The Morgan fingerprint density at radius 3 is 2.73 bits per heavy atom. The molecule has 0 heterocycles. The number of hydrogen-bond acceptors (Lipinski definition) is 3. The summed E-state index contributed by atoms with van der Waals surface area (Å²) in [4.78, 5) is 10.1. The summed E-state index contributed by atoms with van der Waals surface area (Å²) in [5.74, 6) is 0. The quantitative estimate of drug-likeness (QED) is 0.342. The molecule has 0 saturated carbocycles. The molecule has 0 unspecified atom stereocenters. The van der Waals surface area contributed by atoms with Crippen molar-refractivity contribution < 1.29 is 4.79 Å². The summed E-state index contributed by atoms with van der Waals surface area (Å²) in [6.07, 6.45) is 5.52. The number of hydrazine groups is 1. The van der Waals surface area contributed by atoms with Crippen LogP contribution in [0.4, 0.5) is 0 Å². The molecule has 11 heavy (non-hydrogen) atoms. The first-order valence-corrected chi connectivity index (χ1v) is 3.92. The van der Waals surface area contributed by atoms with Gasteiger partial charge in [-0.2, -0.15) is 0 Å². The molecule has 0 rings (SSSR count). The smallest absolute Gasteiger partial charge is 0.144 e. The highest BCUT2D eigenvalue weighted by Crippen LogP contribution is 2.01. The molecule has 0 aromatic carbocycles. The third kappa shape index (κ3) is 5.61. The van der Waals surface area contributed by atoms with Gasteiger partial charge in [0.05, 0.1) is 0 Å². The standard InChI is InChI=1S/C8H16N2O/c1-3-4-5-8(6-7-11)10-9-2/h6-7,9-10H,3-5H2,1-2H3/b8-6-. The van der Waals surface area contributed by atoms with E-state index in [1.807, 2.05) is 0 Å². The van der Waals surface area contributed by atoms with E-state index in [0.717, 1.165) is 31.2 Å². The van der Waals surface area contributed by atoms with E-state index in [1.165, 1.54) is 0 Å². The molecule has 0 radical (unpaired) electrons. The van der Waals surface area contributed by atoms with Crippen LogP contribution in [-0.2, 0) is 4.79 Å². The molecule has 0 spiro atoms. The van der Waals surface area contributed by atoms with E-state index in [0.29, 0.717) is 0 Å². The zero-order valence-electron chi connectivity index (χ0n) is 7.18. The second kappa shape index (κ2) is 7.28. The Kier molecular flexibility index (Phi) is 6.73. The van der Waals surface area contributed by atoms with Gasteiger partial charge in [0.2, 0.25) is 0 Å². The summed E-state index contributed by atoms with van der Waals surface area (Å²) < 4.78 is 0. The zero-order chi connectivity index (χ0) is 8.53. The second-order valence-corrected chi connectivity index (χ2v) is 2.31. The number of allylic oxidation sites excluding steroid dienone is 2. The van der Waals surface area contributed by atoms with E-state index >= 15 is 0 Å². The molecular formula is C8H16N2O. The predicted octanol–water partition coefficient (Wildman–Crippen LogP) is 0.983. The first-order chi connectivity index (χ1) is 5.35. The molecule has 0 aliphatic heterocycles. The third-order valence-corrected chi connectivity index (χ3v) is 1.35. The molecule has 0 aromatic rings. The van der Waals surface area contributed by atoms with Crippen molar-refractivity contribution in [2.45, 2.75) is 26.2 Å². The largest absolute Gasteiger partial charge is 0.326 e. The molecule has 0 aliphatic carbocycles. The maximum Gasteiger partial charge on any atom is 0.144 e. The summed E-state index contributed by atoms with van der Waals surface area (Å²) in [6.45, 7) is 2.12. The van der Waals surface area contributed by atoms with E-state index in [2.05, 4.69) is 17.8 Å². The highest BCUT2D eigenvalue weighted by molar-refractivity contribution is 5.65. The maximum atomic E-state index is 10.1. The predicted molar refractivity (Wildman–Crippen MR) is 45.9 cm³/mol. The molecule has 64 valence electrons. The topological polar surface area (TPSA) is 41.1 Å². The summed E-state index contributed by atoms with van der Waals surface area (Å²) >= 11 is 0. The van der Waals surface area contributed by atoms with Crippen LogP contribution in [0.1, 0.15) is 26.2 Å². The van der Waals surface area contributed by atoms with Gasteiger partial charge >= 0.3 is 0 Å². The van der Waals surface area contributed by atoms with Crippen molar-refractivity contribution in [3.63, 3.8) is 0 Å². The van der Waals surface area contributed by atoms with E-state index in [9.17, 15) is 4.79 Å². The maximum absolute atomic E-state index is 10.1. The van der Waals surface area contributed by atoms with Crippen molar-refractivity contribution in [2.75, 3.05) is 7.05 Å². The van der Waals surface area contributed by atoms with Gasteiger partial charge in [-0.25, -0.2) is 5.43 Å². The normalized spacial score (nSPS) is 11.3. The van der Waals surface area contributed by atoms with E-state index in [1.54, 1.807) is 13.1 Å². The van der Waals surface area contributed by atoms with Gasteiger partial charge < -0.3 is 5.43 Å². The van der Waals surface area contributed by atoms with Crippen LogP contribution < -0.4 is 10.9 Å². The van der Waals surface area contributed by atoms with Crippen LogP contribution in [0.3, 0.4) is 0 Å². The lowest BCUT2D eigenvalue weighted by Gasteiger charge is -2.06. The van der Waals surface area contributed by atoms with Crippen LogP contribution >= 0.6 is 0 Å². The van der Waals surface area contributed by atoms with Gasteiger partial charge in [0.25, 0.3) is 0 Å². The molecule has 3 heteroatoms. The Balaban J connectivity index is 3.69. The Labute approximate surface area is 67.8 Å². The fourth-order valence-electron chi connectivity index (χ4n) is 0.797. The fraction of sp³-hybridized carbons (Fsp3) is 0.625. The number of rotatable bonds is 6. The molecule has 0 bridgehead atoms. The van der Waals surface area contributed by atoms with Crippen molar-refractivity contribution in [2.24, 2.45) is 0 Å². The fourth-order valence-corrected chi connectivity index (χ4v) is 0.797. The minimum absolute atomic E-state index is 0.801. The summed E-state index contributed by atoms with van der Waals surface area (Å²) in [6, 6.07) is 0. The van der Waals surface area contributed by atoms with Crippen LogP contribution in [0.5, 0.6) is 0 Å². The van der Waals surface area contributed by atoms with Gasteiger partial charge in [0, 0.05) is 12.7 Å². The van der Waals surface area contributed by atoms with Gasteiger partial charge in [-0.15, -0.1) is 0 Å². The monoisotopic (exact) mass is 156 g/mol. The molecule has 0 atom stereocenters. The van der Waals surface area contributed by atoms with E-state index in [-0.39, 0.29) is 0 Å². The van der Waals surface area contributed by atoms with E-state index in [4.69, 9.17) is 0 Å². The first kappa shape index (κ1) is 10.2. The van der Waals surface area contributed by atoms with Gasteiger partial charge in [-0.1, -0.05) is 13.3 Å². The third-order valence-electron chi connectivity index (χ3n) is 1.35. The minimum atomic E-state index is 0.801. The Morgan fingerprint density at radius 2 is 2.27 bits per heavy atom. The lowest BCUT2D eigenvalue weighted by Crippen LogP contribution is -2.26. The molecule has 0 saturated heterocycles. The highest BCUT2D eigenvalue weighted by Gasteiger charge is 1.92. The molecule has 0 aromatic heterocycles. The number of hydrogen-bond donors (Lipinski definition) is 2. The van der Waals surface area contributed by atoms with Crippen molar-refractivity contribution in [1.82, 2.24) is 10.9 Å². The Hall–Kier alpha value is -0.830. The van der Waals surface area contributed by atoms with E-state index < -0.39 is 0 Å². The summed E-state index contributed by atoms with van der Waals surface area (Å²) in [5, 5.41) is 0. The number of nitrogens with one attached hydrogen (secondary N) is 2. The number of carbonyl (C=O) groups is 1. The van der Waals surface area contributed by atoms with Crippen LogP contribution in [0.15, 0.2) is 11.8 Å². The van der Waals surface area contributed by atoms with Crippen molar-refractivity contribution in [3.05, 3.63) is 11.8 Å². The lowest BCUT2D eigenvalue weighted by molar-refractivity contribution is -0.104. The molecular weight excluding hydrogens is 140 g/mol.